The number of nitrogens with zero attached hydrogens (tertiary/aromatic N) is 3. The first-order valence-corrected chi connectivity index (χ1v) is 5.90. The zero-order valence-corrected chi connectivity index (χ0v) is 10.8. The molecule has 0 saturated heterocycles. The van der Waals surface area contributed by atoms with E-state index in [2.05, 4.69) is 35.3 Å². The Bertz CT molecular complexity index is 306. The summed E-state index contributed by atoms with van der Waals surface area (Å²) in [6.45, 7) is 6.31. The van der Waals surface area contributed by atoms with E-state index in [1.54, 1.807) is 0 Å². The number of hydrogen-bond donors (Lipinski definition) is 1. The molecule has 0 amide bonds. The zero-order valence-electron chi connectivity index (χ0n) is 10.8. The molecule has 1 aromatic rings. The van der Waals surface area contributed by atoms with Gasteiger partial charge in [0.1, 0.15) is 0 Å². The van der Waals surface area contributed by atoms with E-state index in [1.165, 1.54) is 5.69 Å². The number of nitrogens with two attached hydrogens (primary N) is 1. The Morgan fingerprint density at radius 2 is 2.19 bits per heavy atom. The molecule has 1 heterocycles. The highest BCUT2D eigenvalue weighted by Gasteiger charge is 2.09. The monoisotopic (exact) mass is 224 g/mol. The van der Waals surface area contributed by atoms with Crippen molar-refractivity contribution >= 4 is 0 Å². The molecule has 0 aliphatic heterocycles. The average Bonchev–Trinajstić information content (AvgIpc) is 2.60. The Kier molecular flexibility index (Phi) is 4.96. The molecule has 4 heteroatoms. The Labute approximate surface area is 98.5 Å². The second kappa shape index (κ2) is 6.01. The highest BCUT2D eigenvalue weighted by molar-refractivity contribution is 4.96. The molecule has 0 radical (unpaired) electrons. The molecule has 0 saturated carbocycles. The topological polar surface area (TPSA) is 47.1 Å². The SMILES string of the molecule is CC(C)C(N)CCN(C)Cc1cncn1C. The van der Waals surface area contributed by atoms with E-state index in [9.17, 15) is 0 Å². The Morgan fingerprint density at radius 3 is 2.69 bits per heavy atom. The standard InChI is InChI=1S/C12H24N4/c1-10(2)12(13)5-6-15(3)8-11-7-14-9-16(11)4/h7,9-10,12H,5-6,8,13H2,1-4H3. The van der Waals surface area contributed by atoms with Crippen molar-refractivity contribution in [1.29, 1.82) is 0 Å². The van der Waals surface area contributed by atoms with E-state index in [0.717, 1.165) is 19.5 Å². The van der Waals surface area contributed by atoms with Gasteiger partial charge in [-0.05, 0) is 25.9 Å². The summed E-state index contributed by atoms with van der Waals surface area (Å²) in [5.41, 5.74) is 7.26. The van der Waals surface area contributed by atoms with Crippen molar-refractivity contribution < 1.29 is 0 Å². The van der Waals surface area contributed by atoms with E-state index in [-0.39, 0.29) is 0 Å². The Hall–Kier alpha value is -0.870. The van der Waals surface area contributed by atoms with Crippen LogP contribution in [0.3, 0.4) is 0 Å². The lowest BCUT2D eigenvalue weighted by Crippen LogP contribution is -2.31. The summed E-state index contributed by atoms with van der Waals surface area (Å²) in [6.07, 6.45) is 4.80. The van der Waals surface area contributed by atoms with Crippen molar-refractivity contribution in [1.82, 2.24) is 14.5 Å². The highest BCUT2D eigenvalue weighted by Crippen LogP contribution is 2.06. The summed E-state index contributed by atoms with van der Waals surface area (Å²) in [5, 5.41) is 0. The average molecular weight is 224 g/mol. The highest BCUT2D eigenvalue weighted by atomic mass is 15.1. The van der Waals surface area contributed by atoms with Gasteiger partial charge in [-0.15, -0.1) is 0 Å². The predicted octanol–water partition coefficient (Wildman–Crippen LogP) is 1.23. The maximum atomic E-state index is 6.02. The van der Waals surface area contributed by atoms with Crippen molar-refractivity contribution in [3.8, 4) is 0 Å². The molecular formula is C12H24N4. The minimum absolute atomic E-state index is 0.300. The van der Waals surface area contributed by atoms with E-state index in [4.69, 9.17) is 5.73 Å². The first kappa shape index (κ1) is 13.2. The number of aromatic nitrogens is 2. The lowest BCUT2D eigenvalue weighted by molar-refractivity contribution is 0.291. The normalized spacial score (nSPS) is 13.7. The van der Waals surface area contributed by atoms with Gasteiger partial charge in [-0.3, -0.25) is 0 Å². The van der Waals surface area contributed by atoms with Crippen molar-refractivity contribution in [2.75, 3.05) is 13.6 Å². The first-order chi connectivity index (χ1) is 7.50. The van der Waals surface area contributed by atoms with Crippen LogP contribution in [0.15, 0.2) is 12.5 Å². The Morgan fingerprint density at radius 1 is 1.50 bits per heavy atom. The second-order valence-corrected chi connectivity index (χ2v) is 4.93. The van der Waals surface area contributed by atoms with Crippen LogP contribution in [-0.4, -0.2) is 34.1 Å². The molecule has 0 aliphatic rings. The zero-order chi connectivity index (χ0) is 12.1. The first-order valence-electron chi connectivity index (χ1n) is 5.90. The van der Waals surface area contributed by atoms with Crippen LogP contribution in [0, 0.1) is 5.92 Å². The van der Waals surface area contributed by atoms with E-state index in [1.807, 2.05) is 19.6 Å². The maximum Gasteiger partial charge on any atom is 0.0945 e. The van der Waals surface area contributed by atoms with Crippen LogP contribution in [0.4, 0.5) is 0 Å². The van der Waals surface area contributed by atoms with Crippen LogP contribution in [-0.2, 0) is 13.6 Å². The number of rotatable bonds is 6. The van der Waals surface area contributed by atoms with Gasteiger partial charge in [-0.1, -0.05) is 13.8 Å². The predicted molar refractivity (Wildman–Crippen MR) is 67.0 cm³/mol. The summed E-state index contributed by atoms with van der Waals surface area (Å²) in [4.78, 5) is 6.40. The molecule has 0 fully saturated rings. The van der Waals surface area contributed by atoms with Crippen LogP contribution in [0.5, 0.6) is 0 Å². The van der Waals surface area contributed by atoms with Gasteiger partial charge in [0, 0.05) is 25.8 Å². The minimum atomic E-state index is 0.300. The molecule has 4 nitrogen and oxygen atoms in total. The van der Waals surface area contributed by atoms with Gasteiger partial charge in [0.15, 0.2) is 0 Å². The van der Waals surface area contributed by atoms with Gasteiger partial charge >= 0.3 is 0 Å². The lowest BCUT2D eigenvalue weighted by Gasteiger charge is -2.21. The van der Waals surface area contributed by atoms with Crippen LogP contribution in [0.1, 0.15) is 26.0 Å². The van der Waals surface area contributed by atoms with Gasteiger partial charge in [-0.2, -0.15) is 0 Å². The van der Waals surface area contributed by atoms with E-state index in [0.29, 0.717) is 12.0 Å². The number of aryl methyl sites for hydroxylation is 1. The molecule has 2 N–H and O–H groups in total. The van der Waals surface area contributed by atoms with Crippen LogP contribution in [0.25, 0.3) is 0 Å². The summed E-state index contributed by atoms with van der Waals surface area (Å²) in [7, 11) is 4.15. The third-order valence-corrected chi connectivity index (χ3v) is 3.05. The molecule has 1 rings (SSSR count). The fourth-order valence-corrected chi connectivity index (χ4v) is 1.60. The van der Waals surface area contributed by atoms with Gasteiger partial charge in [0.25, 0.3) is 0 Å². The largest absolute Gasteiger partial charge is 0.337 e. The van der Waals surface area contributed by atoms with Crippen LogP contribution in [0.2, 0.25) is 0 Å². The summed E-state index contributed by atoms with van der Waals surface area (Å²) in [6, 6.07) is 0.300. The quantitative estimate of drug-likeness (QED) is 0.790. The van der Waals surface area contributed by atoms with Crippen molar-refractivity contribution in [3.05, 3.63) is 18.2 Å². The molecule has 1 unspecified atom stereocenters. The Balaban J connectivity index is 2.31. The lowest BCUT2D eigenvalue weighted by atomic mass is 10.0. The molecule has 0 aromatic carbocycles. The van der Waals surface area contributed by atoms with Gasteiger partial charge in [0.05, 0.1) is 12.0 Å². The molecule has 0 aliphatic carbocycles. The molecule has 16 heavy (non-hydrogen) atoms. The number of imidazole rings is 1. The molecule has 1 aromatic heterocycles. The molecule has 1 atom stereocenters. The molecule has 92 valence electrons. The fourth-order valence-electron chi connectivity index (χ4n) is 1.60. The van der Waals surface area contributed by atoms with Gasteiger partial charge < -0.3 is 15.2 Å². The molecule has 0 bridgehead atoms. The summed E-state index contributed by atoms with van der Waals surface area (Å²) >= 11 is 0. The summed E-state index contributed by atoms with van der Waals surface area (Å²) in [5.74, 6) is 0.560. The number of hydrogen-bond acceptors (Lipinski definition) is 3. The van der Waals surface area contributed by atoms with Crippen molar-refractivity contribution in [2.45, 2.75) is 32.9 Å². The van der Waals surface area contributed by atoms with E-state index >= 15 is 0 Å². The van der Waals surface area contributed by atoms with Gasteiger partial charge in [-0.25, -0.2) is 4.98 Å². The summed E-state index contributed by atoms with van der Waals surface area (Å²) < 4.78 is 2.05. The maximum absolute atomic E-state index is 6.02. The van der Waals surface area contributed by atoms with Crippen LogP contribution >= 0.6 is 0 Å². The van der Waals surface area contributed by atoms with Gasteiger partial charge in [0.2, 0.25) is 0 Å². The smallest absolute Gasteiger partial charge is 0.0945 e. The minimum Gasteiger partial charge on any atom is -0.337 e. The third-order valence-electron chi connectivity index (χ3n) is 3.05. The molecular weight excluding hydrogens is 200 g/mol. The fraction of sp³-hybridized carbons (Fsp3) is 0.750. The second-order valence-electron chi connectivity index (χ2n) is 4.93. The van der Waals surface area contributed by atoms with E-state index < -0.39 is 0 Å². The third kappa shape index (κ3) is 3.94. The van der Waals surface area contributed by atoms with Crippen LogP contribution < -0.4 is 5.73 Å². The molecule has 0 spiro atoms. The van der Waals surface area contributed by atoms with Crippen molar-refractivity contribution in [2.24, 2.45) is 18.7 Å². The van der Waals surface area contributed by atoms with Crippen molar-refractivity contribution in [3.63, 3.8) is 0 Å².